The Morgan fingerprint density at radius 2 is 0.667 bits per heavy atom. The van der Waals surface area contributed by atoms with E-state index in [0.29, 0.717) is 12.8 Å². The number of esters is 3. The second-order valence-electron chi connectivity index (χ2n) is 15.3. The maximum absolute atomic E-state index is 12.7. The number of carbonyl (C=O) groups is 3. The van der Waals surface area contributed by atoms with Gasteiger partial charge in [0.15, 0.2) is 6.10 Å². The summed E-state index contributed by atoms with van der Waals surface area (Å²) < 4.78 is 16.6. The van der Waals surface area contributed by atoms with E-state index in [1.54, 1.807) is 0 Å². The zero-order valence-electron chi connectivity index (χ0n) is 38.4. The van der Waals surface area contributed by atoms with Crippen LogP contribution in [0.2, 0.25) is 0 Å². The number of ether oxygens (including phenoxy) is 3. The molecule has 0 aliphatic rings. The molecule has 6 heteroatoms. The second kappa shape index (κ2) is 47.7. The van der Waals surface area contributed by atoms with Crippen LogP contribution in [0.1, 0.15) is 194 Å². The van der Waals surface area contributed by atoms with Gasteiger partial charge >= 0.3 is 17.9 Å². The van der Waals surface area contributed by atoms with Crippen molar-refractivity contribution in [1.82, 2.24) is 0 Å². The first-order chi connectivity index (χ1) is 29.5. The highest BCUT2D eigenvalue weighted by atomic mass is 16.6. The van der Waals surface area contributed by atoms with Crippen LogP contribution in [-0.2, 0) is 28.6 Å². The van der Waals surface area contributed by atoms with Gasteiger partial charge in [-0.25, -0.2) is 0 Å². The van der Waals surface area contributed by atoms with Crippen LogP contribution in [0.5, 0.6) is 0 Å². The molecular formula is C54H86O6. The van der Waals surface area contributed by atoms with Crippen molar-refractivity contribution in [2.45, 2.75) is 200 Å². The van der Waals surface area contributed by atoms with E-state index >= 15 is 0 Å². The zero-order chi connectivity index (χ0) is 43.7. The van der Waals surface area contributed by atoms with E-state index in [-0.39, 0.29) is 44.0 Å². The molecular weight excluding hydrogens is 745 g/mol. The summed E-state index contributed by atoms with van der Waals surface area (Å²) in [7, 11) is 0. The smallest absolute Gasteiger partial charge is 0.306 e. The molecule has 0 saturated heterocycles. The van der Waals surface area contributed by atoms with Crippen LogP contribution in [0.25, 0.3) is 0 Å². The van der Waals surface area contributed by atoms with Gasteiger partial charge in [-0.2, -0.15) is 0 Å². The molecule has 0 amide bonds. The van der Waals surface area contributed by atoms with Gasteiger partial charge in [-0.3, -0.25) is 14.4 Å². The van der Waals surface area contributed by atoms with E-state index in [1.807, 2.05) is 0 Å². The molecule has 0 N–H and O–H groups in total. The average molecular weight is 831 g/mol. The Kier molecular flexibility index (Phi) is 44.6. The van der Waals surface area contributed by atoms with E-state index < -0.39 is 6.10 Å². The highest BCUT2D eigenvalue weighted by Crippen LogP contribution is 2.12. The maximum atomic E-state index is 12.7. The summed E-state index contributed by atoms with van der Waals surface area (Å²) >= 11 is 0. The third-order valence-corrected chi connectivity index (χ3v) is 9.52. The summed E-state index contributed by atoms with van der Waals surface area (Å²) in [4.78, 5) is 37.7. The normalized spacial score (nSPS) is 13.1. The highest BCUT2D eigenvalue weighted by Gasteiger charge is 2.19. The summed E-state index contributed by atoms with van der Waals surface area (Å²) in [5.41, 5.74) is 0. The molecule has 0 aliphatic heterocycles. The van der Waals surface area contributed by atoms with Crippen molar-refractivity contribution in [2.75, 3.05) is 13.2 Å². The van der Waals surface area contributed by atoms with Crippen LogP contribution in [-0.4, -0.2) is 37.2 Å². The molecule has 1 atom stereocenters. The lowest BCUT2D eigenvalue weighted by Gasteiger charge is -2.18. The number of allylic oxidation sites excluding steroid dienone is 18. The van der Waals surface area contributed by atoms with Crippen molar-refractivity contribution >= 4 is 17.9 Å². The summed E-state index contributed by atoms with van der Waals surface area (Å²) in [5, 5.41) is 0. The van der Waals surface area contributed by atoms with Crippen LogP contribution < -0.4 is 0 Å². The predicted octanol–water partition coefficient (Wildman–Crippen LogP) is 15.6. The first-order valence-corrected chi connectivity index (χ1v) is 23.9. The number of rotatable bonds is 41. The molecule has 0 bridgehead atoms. The zero-order valence-corrected chi connectivity index (χ0v) is 38.4. The van der Waals surface area contributed by atoms with Crippen molar-refractivity contribution in [2.24, 2.45) is 0 Å². The molecule has 0 heterocycles. The summed E-state index contributed by atoms with van der Waals surface area (Å²) in [6, 6.07) is 0. The largest absolute Gasteiger partial charge is 0.462 e. The second-order valence-corrected chi connectivity index (χ2v) is 15.3. The molecule has 6 nitrogen and oxygen atoms in total. The molecule has 0 saturated carbocycles. The number of unbranched alkanes of at least 4 members (excludes halogenated alkanes) is 12. The van der Waals surface area contributed by atoms with Gasteiger partial charge in [0.25, 0.3) is 0 Å². The van der Waals surface area contributed by atoms with Crippen LogP contribution in [0.4, 0.5) is 0 Å². The molecule has 60 heavy (non-hydrogen) atoms. The third kappa shape index (κ3) is 45.2. The van der Waals surface area contributed by atoms with Gasteiger partial charge in [-0.1, -0.05) is 188 Å². The van der Waals surface area contributed by atoms with Gasteiger partial charge in [0.1, 0.15) is 13.2 Å². The quantitative estimate of drug-likeness (QED) is 0.0264. The fourth-order valence-corrected chi connectivity index (χ4v) is 6.00. The fraction of sp³-hybridized carbons (Fsp3) is 0.611. The van der Waals surface area contributed by atoms with Crippen molar-refractivity contribution in [3.8, 4) is 0 Å². The van der Waals surface area contributed by atoms with Gasteiger partial charge in [-0.05, 0) is 96.3 Å². The lowest BCUT2D eigenvalue weighted by Crippen LogP contribution is -2.30. The first kappa shape index (κ1) is 56.1. The third-order valence-electron chi connectivity index (χ3n) is 9.52. The Morgan fingerprint density at radius 1 is 0.350 bits per heavy atom. The Morgan fingerprint density at radius 3 is 1.08 bits per heavy atom. The van der Waals surface area contributed by atoms with Crippen molar-refractivity contribution in [3.63, 3.8) is 0 Å². The Labute approximate surface area is 368 Å². The number of hydrogen-bond donors (Lipinski definition) is 0. The van der Waals surface area contributed by atoms with Gasteiger partial charge < -0.3 is 14.2 Å². The summed E-state index contributed by atoms with van der Waals surface area (Å²) in [6.45, 7) is 6.28. The van der Waals surface area contributed by atoms with Crippen LogP contribution in [0.3, 0.4) is 0 Å². The van der Waals surface area contributed by atoms with Crippen molar-refractivity contribution in [1.29, 1.82) is 0 Å². The van der Waals surface area contributed by atoms with Crippen LogP contribution in [0, 0.1) is 0 Å². The van der Waals surface area contributed by atoms with Gasteiger partial charge in [0.05, 0.1) is 0 Å². The van der Waals surface area contributed by atoms with Crippen molar-refractivity contribution < 1.29 is 28.6 Å². The molecule has 0 aromatic heterocycles. The van der Waals surface area contributed by atoms with Gasteiger partial charge in [-0.15, -0.1) is 0 Å². The van der Waals surface area contributed by atoms with E-state index in [1.165, 1.54) is 32.1 Å². The summed E-state index contributed by atoms with van der Waals surface area (Å²) in [5.74, 6) is -1.01. The molecule has 0 spiro atoms. The lowest BCUT2D eigenvalue weighted by molar-refractivity contribution is -0.167. The minimum Gasteiger partial charge on any atom is -0.462 e. The van der Waals surface area contributed by atoms with Crippen LogP contribution >= 0.6 is 0 Å². The Hall–Kier alpha value is -3.93. The molecule has 0 aliphatic carbocycles. The highest BCUT2D eigenvalue weighted by molar-refractivity contribution is 5.71. The minimum atomic E-state index is -0.812. The molecule has 0 aromatic rings. The molecule has 1 unspecified atom stereocenters. The molecule has 0 aromatic carbocycles. The number of hydrogen-bond acceptors (Lipinski definition) is 6. The van der Waals surface area contributed by atoms with Gasteiger partial charge in [0.2, 0.25) is 0 Å². The monoisotopic (exact) mass is 831 g/mol. The van der Waals surface area contributed by atoms with E-state index in [2.05, 4.69) is 130 Å². The molecule has 338 valence electrons. The summed E-state index contributed by atoms with van der Waals surface area (Å²) in [6.07, 6.45) is 63.7. The van der Waals surface area contributed by atoms with E-state index in [4.69, 9.17) is 14.2 Å². The van der Waals surface area contributed by atoms with Crippen molar-refractivity contribution in [3.05, 3.63) is 109 Å². The van der Waals surface area contributed by atoms with Gasteiger partial charge in [0, 0.05) is 19.3 Å². The predicted molar refractivity (Wildman–Crippen MR) is 256 cm³/mol. The molecule has 0 radical (unpaired) electrons. The minimum absolute atomic E-state index is 0.107. The lowest BCUT2D eigenvalue weighted by atomic mass is 10.1. The molecule has 0 rings (SSSR count). The standard InChI is InChI=1S/C54H86O6/c1-4-7-10-13-16-19-21-23-25-27-29-31-33-35-38-41-44-47-53(56)59-50-51(49-58-52(55)46-43-40-37-18-15-12-9-6-3)60-54(57)48-45-42-39-36-34-32-30-28-26-24-22-20-17-14-11-8-5-2/h7-8,10-11,16-17,19-20,23-26,29-32,35,38,51H,4-6,9,12-15,18,21-22,27-28,33-34,36-37,39-50H2,1-3H3/b10-7-,11-8-,19-16-,20-17-,25-23-,26-24-,31-29-,32-30-,38-35-. The maximum Gasteiger partial charge on any atom is 0.306 e. The van der Waals surface area contributed by atoms with Crippen LogP contribution in [0.15, 0.2) is 109 Å². The average Bonchev–Trinajstić information content (AvgIpc) is 3.24. The molecule has 0 fully saturated rings. The van der Waals surface area contributed by atoms with E-state index in [9.17, 15) is 14.4 Å². The SMILES string of the molecule is CC/C=C\C/C=C\C/C=C\C/C=C\C/C=C\CCCC(=O)OCC(COC(=O)CCCCCCCCCC)OC(=O)CCCCCC/C=C\C/C=C\C/C=C\C/C=C\CC. The fourth-order valence-electron chi connectivity index (χ4n) is 6.00. The van der Waals surface area contributed by atoms with E-state index in [0.717, 1.165) is 116 Å². The number of carbonyl (C=O) groups excluding carboxylic acids is 3. The Balaban J connectivity index is 4.49. The topological polar surface area (TPSA) is 78.9 Å². The first-order valence-electron chi connectivity index (χ1n) is 23.9. The Bertz CT molecular complexity index is 1280.